The van der Waals surface area contributed by atoms with Gasteiger partial charge in [0.25, 0.3) is 0 Å². The van der Waals surface area contributed by atoms with Crippen LogP contribution >= 0.6 is 0 Å². The summed E-state index contributed by atoms with van der Waals surface area (Å²) in [6.45, 7) is 1.70. The number of piperidine rings is 1. The number of amides is 2. The third-order valence-electron chi connectivity index (χ3n) is 5.37. The monoisotopic (exact) mass is 316 g/mol. The number of hydrogen-bond donors (Lipinski definition) is 2. The molecule has 2 N–H and O–H groups in total. The molecular weight excluding hydrogens is 288 g/mol. The van der Waals surface area contributed by atoms with E-state index >= 15 is 0 Å². The first kappa shape index (κ1) is 16.3. The van der Waals surface area contributed by atoms with Gasteiger partial charge in [-0.05, 0) is 49.5 Å². The molecule has 3 rings (SSSR count). The smallest absolute Gasteiger partial charge is 0.317 e. The van der Waals surface area contributed by atoms with Crippen molar-refractivity contribution < 1.29 is 9.90 Å². The van der Waals surface area contributed by atoms with E-state index in [1.165, 1.54) is 18.4 Å². The van der Waals surface area contributed by atoms with Gasteiger partial charge in [0.05, 0.1) is 0 Å². The number of benzene rings is 1. The van der Waals surface area contributed by atoms with Gasteiger partial charge < -0.3 is 15.3 Å². The van der Waals surface area contributed by atoms with Crippen LogP contribution in [0.15, 0.2) is 30.3 Å². The number of rotatable bonds is 4. The second-order valence-electron chi connectivity index (χ2n) is 7.07. The fraction of sp³-hybridized carbons (Fsp3) is 0.632. The first-order valence-corrected chi connectivity index (χ1v) is 8.96. The van der Waals surface area contributed by atoms with E-state index in [-0.39, 0.29) is 24.6 Å². The van der Waals surface area contributed by atoms with Crippen molar-refractivity contribution in [3.05, 3.63) is 35.9 Å². The highest BCUT2D eigenvalue weighted by Crippen LogP contribution is 2.29. The molecule has 3 atom stereocenters. The van der Waals surface area contributed by atoms with Gasteiger partial charge >= 0.3 is 6.03 Å². The van der Waals surface area contributed by atoms with Crippen molar-refractivity contribution in [3.8, 4) is 0 Å². The van der Waals surface area contributed by atoms with E-state index in [1.54, 1.807) is 0 Å². The highest BCUT2D eigenvalue weighted by molar-refractivity contribution is 5.74. The minimum atomic E-state index is 0.0631. The summed E-state index contributed by atoms with van der Waals surface area (Å²) in [6.07, 6.45) is 6.55. The zero-order chi connectivity index (χ0) is 16.1. The number of hydrogen-bond acceptors (Lipinski definition) is 2. The van der Waals surface area contributed by atoms with Crippen molar-refractivity contribution in [2.75, 3.05) is 19.7 Å². The lowest BCUT2D eigenvalue weighted by Gasteiger charge is -2.33. The molecule has 0 spiro atoms. The van der Waals surface area contributed by atoms with Gasteiger partial charge in [-0.1, -0.05) is 36.8 Å². The Hall–Kier alpha value is -1.55. The van der Waals surface area contributed by atoms with Gasteiger partial charge in [0, 0.05) is 25.7 Å². The van der Waals surface area contributed by atoms with Gasteiger partial charge in [-0.2, -0.15) is 0 Å². The maximum absolute atomic E-state index is 12.5. The summed E-state index contributed by atoms with van der Waals surface area (Å²) in [5.41, 5.74) is 1.36. The highest BCUT2D eigenvalue weighted by Gasteiger charge is 2.31. The maximum atomic E-state index is 12.5. The molecule has 2 aliphatic rings. The number of urea groups is 1. The molecule has 1 heterocycles. The lowest BCUT2D eigenvalue weighted by molar-refractivity contribution is 0.127. The summed E-state index contributed by atoms with van der Waals surface area (Å²) in [5, 5.41) is 12.6. The minimum Gasteiger partial charge on any atom is -0.396 e. The van der Waals surface area contributed by atoms with Crippen LogP contribution < -0.4 is 5.32 Å². The molecule has 1 saturated carbocycles. The molecule has 4 nitrogen and oxygen atoms in total. The Morgan fingerprint density at radius 2 is 2.00 bits per heavy atom. The van der Waals surface area contributed by atoms with Crippen LogP contribution in [0.2, 0.25) is 0 Å². The van der Waals surface area contributed by atoms with Gasteiger partial charge in [0.1, 0.15) is 0 Å². The average molecular weight is 316 g/mol. The van der Waals surface area contributed by atoms with E-state index in [9.17, 15) is 9.90 Å². The van der Waals surface area contributed by atoms with Crippen LogP contribution in [-0.4, -0.2) is 41.8 Å². The molecule has 3 unspecified atom stereocenters. The van der Waals surface area contributed by atoms with Gasteiger partial charge in [-0.25, -0.2) is 4.79 Å². The van der Waals surface area contributed by atoms with Gasteiger partial charge in [0.15, 0.2) is 0 Å². The molecule has 0 aromatic heterocycles. The molecule has 1 aliphatic heterocycles. The lowest BCUT2D eigenvalue weighted by Crippen LogP contribution is -2.50. The molecule has 1 saturated heterocycles. The zero-order valence-electron chi connectivity index (χ0n) is 13.8. The molecule has 1 aromatic rings. The molecule has 1 aromatic carbocycles. The zero-order valence-corrected chi connectivity index (χ0v) is 13.8. The van der Waals surface area contributed by atoms with Crippen LogP contribution in [0, 0.1) is 11.8 Å². The Morgan fingerprint density at radius 3 is 2.78 bits per heavy atom. The molecule has 23 heavy (non-hydrogen) atoms. The van der Waals surface area contributed by atoms with Crippen molar-refractivity contribution in [2.45, 2.75) is 44.6 Å². The lowest BCUT2D eigenvalue weighted by atomic mass is 9.94. The van der Waals surface area contributed by atoms with Gasteiger partial charge in [0.2, 0.25) is 0 Å². The second kappa shape index (κ2) is 7.82. The number of nitrogens with one attached hydrogen (secondary N) is 1. The standard InChI is InChI=1S/C19H28N2O2/c22-14-16-8-5-11-21(13-16)19(23)20-18-10-4-9-17(18)12-15-6-2-1-3-7-15/h1-3,6-7,16-18,22H,4-5,8-14H2,(H,20,23). The van der Waals surface area contributed by atoms with Crippen LogP contribution in [0.25, 0.3) is 0 Å². The highest BCUT2D eigenvalue weighted by atomic mass is 16.3. The van der Waals surface area contributed by atoms with Gasteiger partial charge in [-0.3, -0.25) is 0 Å². The number of aliphatic hydroxyl groups excluding tert-OH is 1. The fourth-order valence-corrected chi connectivity index (χ4v) is 4.04. The van der Waals surface area contributed by atoms with Crippen molar-refractivity contribution in [1.82, 2.24) is 10.2 Å². The van der Waals surface area contributed by atoms with Crippen LogP contribution in [0.4, 0.5) is 4.79 Å². The molecule has 2 amide bonds. The van der Waals surface area contributed by atoms with Crippen LogP contribution in [0.1, 0.15) is 37.7 Å². The maximum Gasteiger partial charge on any atom is 0.317 e. The summed E-state index contributed by atoms with van der Waals surface area (Å²) in [7, 11) is 0. The van der Waals surface area contributed by atoms with Crippen molar-refractivity contribution in [1.29, 1.82) is 0 Å². The predicted molar refractivity (Wildman–Crippen MR) is 91.2 cm³/mol. The molecule has 2 fully saturated rings. The summed E-state index contributed by atoms with van der Waals surface area (Å²) in [5.74, 6) is 0.790. The Labute approximate surface area is 138 Å². The van der Waals surface area contributed by atoms with Crippen LogP contribution in [0.5, 0.6) is 0 Å². The molecule has 4 heteroatoms. The number of aliphatic hydroxyl groups is 1. The largest absolute Gasteiger partial charge is 0.396 e. The SMILES string of the molecule is O=C(NC1CCCC1Cc1ccccc1)N1CCCC(CO)C1. The quantitative estimate of drug-likeness (QED) is 0.897. The summed E-state index contributed by atoms with van der Waals surface area (Å²) < 4.78 is 0. The topological polar surface area (TPSA) is 52.6 Å². The Bertz CT molecular complexity index is 505. The molecule has 126 valence electrons. The fourth-order valence-electron chi connectivity index (χ4n) is 4.04. The molecule has 0 bridgehead atoms. The van der Waals surface area contributed by atoms with E-state index in [0.717, 1.165) is 32.2 Å². The van der Waals surface area contributed by atoms with E-state index in [0.29, 0.717) is 12.5 Å². The van der Waals surface area contributed by atoms with Gasteiger partial charge in [-0.15, -0.1) is 0 Å². The third kappa shape index (κ3) is 4.25. The number of carbonyl (C=O) groups excluding carboxylic acids is 1. The predicted octanol–water partition coefficient (Wildman–Crippen LogP) is 2.81. The first-order valence-electron chi connectivity index (χ1n) is 8.96. The molecule has 0 radical (unpaired) electrons. The Kier molecular flexibility index (Phi) is 5.55. The Morgan fingerprint density at radius 1 is 1.17 bits per heavy atom. The number of nitrogens with zero attached hydrogens (tertiary/aromatic N) is 1. The summed E-state index contributed by atoms with van der Waals surface area (Å²) in [4.78, 5) is 14.4. The van der Waals surface area contributed by atoms with Crippen molar-refractivity contribution in [3.63, 3.8) is 0 Å². The average Bonchev–Trinajstić information content (AvgIpc) is 3.02. The van der Waals surface area contributed by atoms with Crippen molar-refractivity contribution in [2.24, 2.45) is 11.8 Å². The number of likely N-dealkylation sites (tertiary alicyclic amines) is 1. The third-order valence-corrected chi connectivity index (χ3v) is 5.37. The van der Waals surface area contributed by atoms with Crippen LogP contribution in [-0.2, 0) is 6.42 Å². The number of carbonyl (C=O) groups is 1. The van der Waals surface area contributed by atoms with Crippen LogP contribution in [0.3, 0.4) is 0 Å². The minimum absolute atomic E-state index is 0.0631. The molecular formula is C19H28N2O2. The van der Waals surface area contributed by atoms with Crippen molar-refractivity contribution >= 4 is 6.03 Å². The molecule has 1 aliphatic carbocycles. The first-order chi connectivity index (χ1) is 11.3. The summed E-state index contributed by atoms with van der Waals surface area (Å²) >= 11 is 0. The van der Waals surface area contributed by atoms with E-state index in [2.05, 4.69) is 29.6 Å². The summed E-state index contributed by atoms with van der Waals surface area (Å²) in [6, 6.07) is 10.9. The van der Waals surface area contributed by atoms with E-state index in [4.69, 9.17) is 0 Å². The van der Waals surface area contributed by atoms with E-state index < -0.39 is 0 Å². The van der Waals surface area contributed by atoms with E-state index in [1.807, 2.05) is 11.0 Å². The Balaban J connectivity index is 1.54. The normalized spacial score (nSPS) is 27.9. The second-order valence-corrected chi connectivity index (χ2v) is 7.07.